The van der Waals surface area contributed by atoms with Crippen LogP contribution in [0.3, 0.4) is 0 Å². The molecular formula is C29H34N2O2. The van der Waals surface area contributed by atoms with Crippen LogP contribution in [0.2, 0.25) is 0 Å². The zero-order chi connectivity index (χ0) is 23.0. The lowest BCUT2D eigenvalue weighted by Gasteiger charge is -2.34. The molecule has 1 aliphatic rings. The van der Waals surface area contributed by atoms with Gasteiger partial charge < -0.3 is 10.1 Å². The molecule has 4 heteroatoms. The van der Waals surface area contributed by atoms with Crippen LogP contribution in [0.15, 0.2) is 78.9 Å². The zero-order valence-electron chi connectivity index (χ0n) is 19.7. The van der Waals surface area contributed by atoms with Gasteiger partial charge in [-0.05, 0) is 74.2 Å². The summed E-state index contributed by atoms with van der Waals surface area (Å²) in [6.07, 6.45) is 2.31. The van der Waals surface area contributed by atoms with Crippen molar-refractivity contribution < 1.29 is 9.53 Å². The van der Waals surface area contributed by atoms with Crippen LogP contribution in [0, 0.1) is 0 Å². The molecule has 4 nitrogen and oxygen atoms in total. The van der Waals surface area contributed by atoms with E-state index in [1.807, 2.05) is 31.2 Å². The fraction of sp³-hybridized carbons (Fsp3) is 0.345. The lowest BCUT2D eigenvalue weighted by Crippen LogP contribution is -2.42. The van der Waals surface area contributed by atoms with Gasteiger partial charge in [0.15, 0.2) is 0 Å². The number of nitrogens with zero attached hydrogens (tertiary/aromatic N) is 1. The van der Waals surface area contributed by atoms with Crippen LogP contribution in [-0.4, -0.2) is 36.6 Å². The average molecular weight is 443 g/mol. The number of nitrogens with one attached hydrogen (secondary N) is 1. The summed E-state index contributed by atoms with van der Waals surface area (Å²) >= 11 is 0. The Hall–Kier alpha value is -2.95. The topological polar surface area (TPSA) is 41.6 Å². The molecule has 3 aromatic carbocycles. The quantitative estimate of drug-likeness (QED) is 0.445. The number of benzene rings is 3. The van der Waals surface area contributed by atoms with Gasteiger partial charge in [-0.1, -0.05) is 66.7 Å². The molecule has 3 aromatic rings. The number of hydrogen-bond acceptors (Lipinski definition) is 4. The Kier molecular flexibility index (Phi) is 7.92. The van der Waals surface area contributed by atoms with Gasteiger partial charge in [-0.2, -0.15) is 0 Å². The molecule has 0 bridgehead atoms. The van der Waals surface area contributed by atoms with E-state index in [2.05, 4.69) is 71.7 Å². The van der Waals surface area contributed by atoms with Crippen molar-refractivity contribution in [1.29, 1.82) is 0 Å². The second-order valence-electron chi connectivity index (χ2n) is 8.82. The third kappa shape index (κ3) is 6.10. The number of ether oxygens (including phenoxy) is 1. The number of carbonyl (C=O) groups excluding carboxylic acids is 1. The molecule has 1 saturated heterocycles. The number of piperidine rings is 1. The van der Waals surface area contributed by atoms with E-state index in [0.29, 0.717) is 18.2 Å². The number of likely N-dealkylation sites (tertiary alicyclic amines) is 1. The Morgan fingerprint density at radius 2 is 1.73 bits per heavy atom. The van der Waals surface area contributed by atoms with E-state index in [9.17, 15) is 4.79 Å². The second-order valence-corrected chi connectivity index (χ2v) is 8.82. The highest BCUT2D eigenvalue weighted by Gasteiger charge is 2.21. The SMILES string of the molecule is CCOC(=O)c1ccccc1-c1cccc(C(C)NC2CCN(Cc3ccccc3)CC2)c1. The van der Waals surface area contributed by atoms with Crippen LogP contribution < -0.4 is 5.32 Å². The largest absolute Gasteiger partial charge is 0.462 e. The van der Waals surface area contributed by atoms with E-state index in [1.165, 1.54) is 11.1 Å². The molecule has 0 spiro atoms. The fourth-order valence-corrected chi connectivity index (χ4v) is 4.65. The van der Waals surface area contributed by atoms with Crippen molar-refractivity contribution in [2.45, 2.75) is 45.3 Å². The average Bonchev–Trinajstić information content (AvgIpc) is 2.86. The Labute approximate surface area is 197 Å². The molecule has 0 radical (unpaired) electrons. The summed E-state index contributed by atoms with van der Waals surface area (Å²) < 4.78 is 5.26. The van der Waals surface area contributed by atoms with Crippen LogP contribution >= 0.6 is 0 Å². The van der Waals surface area contributed by atoms with Crippen molar-refractivity contribution in [3.8, 4) is 11.1 Å². The highest BCUT2D eigenvalue weighted by Crippen LogP contribution is 2.28. The van der Waals surface area contributed by atoms with E-state index in [-0.39, 0.29) is 12.0 Å². The predicted octanol–water partition coefficient (Wildman–Crippen LogP) is 5.85. The summed E-state index contributed by atoms with van der Waals surface area (Å²) in [7, 11) is 0. The minimum Gasteiger partial charge on any atom is -0.462 e. The maximum absolute atomic E-state index is 12.4. The lowest BCUT2D eigenvalue weighted by atomic mass is 9.95. The summed E-state index contributed by atoms with van der Waals surface area (Å²) in [5.41, 5.74) is 5.19. The van der Waals surface area contributed by atoms with E-state index in [4.69, 9.17) is 4.74 Å². The molecule has 1 N–H and O–H groups in total. The summed E-state index contributed by atoms with van der Waals surface area (Å²) in [6.45, 7) is 7.70. The van der Waals surface area contributed by atoms with Gasteiger partial charge in [-0.25, -0.2) is 4.79 Å². The van der Waals surface area contributed by atoms with Crippen molar-refractivity contribution in [2.24, 2.45) is 0 Å². The van der Waals surface area contributed by atoms with Gasteiger partial charge in [0, 0.05) is 18.6 Å². The van der Waals surface area contributed by atoms with Crippen molar-refractivity contribution in [3.05, 3.63) is 95.6 Å². The van der Waals surface area contributed by atoms with Gasteiger partial charge in [-0.15, -0.1) is 0 Å². The Morgan fingerprint density at radius 3 is 2.48 bits per heavy atom. The first-order valence-electron chi connectivity index (χ1n) is 12.0. The van der Waals surface area contributed by atoms with Crippen molar-refractivity contribution in [3.63, 3.8) is 0 Å². The molecule has 0 saturated carbocycles. The molecule has 0 aromatic heterocycles. The Bertz CT molecular complexity index is 1040. The van der Waals surface area contributed by atoms with Gasteiger partial charge in [0.25, 0.3) is 0 Å². The molecule has 1 heterocycles. The minimum absolute atomic E-state index is 0.241. The van der Waals surface area contributed by atoms with Crippen LogP contribution in [-0.2, 0) is 11.3 Å². The first-order chi connectivity index (χ1) is 16.1. The molecule has 1 unspecified atom stereocenters. The molecule has 0 amide bonds. The van der Waals surface area contributed by atoms with Crippen molar-refractivity contribution in [1.82, 2.24) is 10.2 Å². The minimum atomic E-state index is -0.271. The summed E-state index contributed by atoms with van der Waals surface area (Å²) in [6, 6.07) is 27.7. The first kappa shape index (κ1) is 23.2. The van der Waals surface area contributed by atoms with E-state index < -0.39 is 0 Å². The summed E-state index contributed by atoms with van der Waals surface area (Å²) in [4.78, 5) is 15.0. The van der Waals surface area contributed by atoms with E-state index in [0.717, 1.165) is 43.6 Å². The monoisotopic (exact) mass is 442 g/mol. The van der Waals surface area contributed by atoms with Crippen LogP contribution in [0.5, 0.6) is 0 Å². The standard InChI is InChI=1S/C29H34N2O2/c1-3-33-29(32)28-15-8-7-14-27(28)25-13-9-12-24(20-25)22(2)30-26-16-18-31(19-17-26)21-23-10-5-4-6-11-23/h4-15,20,22,26,30H,3,16-19,21H2,1-2H3. The number of hydrogen-bond donors (Lipinski definition) is 1. The zero-order valence-corrected chi connectivity index (χ0v) is 19.7. The van der Waals surface area contributed by atoms with Crippen LogP contribution in [0.4, 0.5) is 0 Å². The Balaban J connectivity index is 1.38. The third-order valence-electron chi connectivity index (χ3n) is 6.44. The molecule has 1 atom stereocenters. The first-order valence-corrected chi connectivity index (χ1v) is 12.0. The van der Waals surface area contributed by atoms with E-state index in [1.54, 1.807) is 0 Å². The van der Waals surface area contributed by atoms with Crippen molar-refractivity contribution in [2.75, 3.05) is 19.7 Å². The number of rotatable bonds is 8. The third-order valence-corrected chi connectivity index (χ3v) is 6.44. The van der Waals surface area contributed by atoms with Gasteiger partial charge in [0.1, 0.15) is 0 Å². The lowest BCUT2D eigenvalue weighted by molar-refractivity contribution is 0.0527. The molecule has 33 heavy (non-hydrogen) atoms. The van der Waals surface area contributed by atoms with Crippen LogP contribution in [0.1, 0.15) is 54.2 Å². The fourth-order valence-electron chi connectivity index (χ4n) is 4.65. The molecule has 172 valence electrons. The number of esters is 1. The predicted molar refractivity (Wildman–Crippen MR) is 134 cm³/mol. The molecule has 1 aliphatic heterocycles. The highest BCUT2D eigenvalue weighted by molar-refractivity contribution is 5.97. The smallest absolute Gasteiger partial charge is 0.338 e. The van der Waals surface area contributed by atoms with Gasteiger partial charge in [0.2, 0.25) is 0 Å². The highest BCUT2D eigenvalue weighted by atomic mass is 16.5. The van der Waals surface area contributed by atoms with Gasteiger partial charge in [0.05, 0.1) is 12.2 Å². The molecule has 0 aliphatic carbocycles. The van der Waals surface area contributed by atoms with Gasteiger partial charge in [-0.3, -0.25) is 4.90 Å². The second kappa shape index (κ2) is 11.3. The normalized spacial score (nSPS) is 15.8. The molecule has 1 fully saturated rings. The number of carbonyl (C=O) groups is 1. The molecular weight excluding hydrogens is 408 g/mol. The van der Waals surface area contributed by atoms with Gasteiger partial charge >= 0.3 is 5.97 Å². The summed E-state index contributed by atoms with van der Waals surface area (Å²) in [5.74, 6) is -0.271. The van der Waals surface area contributed by atoms with Crippen LogP contribution in [0.25, 0.3) is 11.1 Å². The van der Waals surface area contributed by atoms with E-state index >= 15 is 0 Å². The maximum atomic E-state index is 12.4. The molecule has 4 rings (SSSR count). The maximum Gasteiger partial charge on any atom is 0.338 e. The van der Waals surface area contributed by atoms with Crippen molar-refractivity contribution >= 4 is 5.97 Å². The summed E-state index contributed by atoms with van der Waals surface area (Å²) in [5, 5.41) is 3.84. The Morgan fingerprint density at radius 1 is 1.00 bits per heavy atom.